The van der Waals surface area contributed by atoms with Crippen LogP contribution < -0.4 is 5.32 Å². The van der Waals surface area contributed by atoms with E-state index >= 15 is 0 Å². The van der Waals surface area contributed by atoms with Gasteiger partial charge in [0.15, 0.2) is 0 Å². The van der Waals surface area contributed by atoms with Crippen LogP contribution in [0.3, 0.4) is 0 Å². The van der Waals surface area contributed by atoms with Crippen LogP contribution >= 0.6 is 0 Å². The van der Waals surface area contributed by atoms with E-state index in [9.17, 15) is 5.11 Å². The summed E-state index contributed by atoms with van der Waals surface area (Å²) in [7, 11) is 0. The minimum atomic E-state index is -0.201. The van der Waals surface area contributed by atoms with Gasteiger partial charge >= 0.3 is 0 Å². The Bertz CT molecular complexity index is 203. The molecule has 0 bridgehead atoms. The quantitative estimate of drug-likeness (QED) is 0.655. The van der Waals surface area contributed by atoms with Gasteiger partial charge in [0, 0.05) is 19.0 Å². The summed E-state index contributed by atoms with van der Waals surface area (Å²) in [6, 6.07) is 0.313. The highest BCUT2D eigenvalue weighted by atomic mass is 16.3. The van der Waals surface area contributed by atoms with Crippen LogP contribution in [0.2, 0.25) is 0 Å². The van der Waals surface area contributed by atoms with E-state index in [1.807, 2.05) is 0 Å². The Labute approximate surface area is 93.5 Å². The van der Waals surface area contributed by atoms with E-state index in [1.165, 1.54) is 25.7 Å². The van der Waals surface area contributed by atoms with Gasteiger partial charge in [-0.3, -0.25) is 0 Å². The van der Waals surface area contributed by atoms with E-state index < -0.39 is 0 Å². The Morgan fingerprint density at radius 2 is 2.13 bits per heavy atom. The molecule has 0 spiro atoms. The highest BCUT2D eigenvalue weighted by molar-refractivity contribution is 4.88. The second-order valence-corrected chi connectivity index (χ2v) is 4.76. The number of aliphatic hydroxyl groups excluding tert-OH is 1. The molecule has 0 aliphatic heterocycles. The van der Waals surface area contributed by atoms with Crippen LogP contribution in [0.1, 0.15) is 45.4 Å². The third-order valence-electron chi connectivity index (χ3n) is 3.21. The van der Waals surface area contributed by atoms with Gasteiger partial charge in [0.1, 0.15) is 0 Å². The van der Waals surface area contributed by atoms with Gasteiger partial charge in [0.25, 0.3) is 0 Å². The van der Waals surface area contributed by atoms with Crippen molar-refractivity contribution in [3.05, 3.63) is 0 Å². The molecule has 2 atom stereocenters. The average molecular weight is 209 g/mol. The van der Waals surface area contributed by atoms with Crippen molar-refractivity contribution in [3.63, 3.8) is 0 Å². The fraction of sp³-hybridized carbons (Fsp3) is 0.846. The number of nitrogens with one attached hydrogen (secondary N) is 1. The molecule has 0 aromatic heterocycles. The standard InChI is InChI=1S/C13H23NO/c1-3-6-11(2)14-10-13(15)9-12-7-4-5-8-12/h1,11-15H,4-10H2,2H3. The highest BCUT2D eigenvalue weighted by Crippen LogP contribution is 2.28. The monoisotopic (exact) mass is 209 g/mol. The topological polar surface area (TPSA) is 32.3 Å². The highest BCUT2D eigenvalue weighted by Gasteiger charge is 2.18. The summed E-state index contributed by atoms with van der Waals surface area (Å²) >= 11 is 0. The smallest absolute Gasteiger partial charge is 0.0667 e. The number of rotatable bonds is 6. The third kappa shape index (κ3) is 5.20. The SMILES string of the molecule is C#CCC(C)NCC(O)CC1CCCC1. The molecule has 1 aliphatic carbocycles. The van der Waals surface area contributed by atoms with Crippen LogP contribution in [-0.4, -0.2) is 23.8 Å². The van der Waals surface area contributed by atoms with E-state index in [0.717, 1.165) is 18.8 Å². The zero-order chi connectivity index (χ0) is 11.1. The van der Waals surface area contributed by atoms with Crippen molar-refractivity contribution in [2.24, 2.45) is 5.92 Å². The van der Waals surface area contributed by atoms with Gasteiger partial charge in [0.05, 0.1) is 6.10 Å². The Morgan fingerprint density at radius 3 is 2.73 bits per heavy atom. The second kappa shape index (κ2) is 6.87. The first-order valence-corrected chi connectivity index (χ1v) is 6.07. The lowest BCUT2D eigenvalue weighted by atomic mass is 10.00. The van der Waals surface area contributed by atoms with Gasteiger partial charge in [0.2, 0.25) is 0 Å². The maximum Gasteiger partial charge on any atom is 0.0667 e. The van der Waals surface area contributed by atoms with E-state index in [-0.39, 0.29) is 6.10 Å². The van der Waals surface area contributed by atoms with E-state index in [4.69, 9.17) is 6.42 Å². The van der Waals surface area contributed by atoms with Crippen molar-refractivity contribution in [2.45, 2.75) is 57.6 Å². The first-order valence-electron chi connectivity index (χ1n) is 6.07. The summed E-state index contributed by atoms with van der Waals surface area (Å²) in [4.78, 5) is 0. The molecule has 1 rings (SSSR count). The van der Waals surface area contributed by atoms with Gasteiger partial charge < -0.3 is 10.4 Å². The molecule has 0 aromatic rings. The molecular weight excluding hydrogens is 186 g/mol. The summed E-state index contributed by atoms with van der Waals surface area (Å²) in [6.45, 7) is 2.74. The first-order chi connectivity index (χ1) is 7.22. The van der Waals surface area contributed by atoms with Gasteiger partial charge in [-0.1, -0.05) is 25.7 Å². The van der Waals surface area contributed by atoms with Crippen LogP contribution in [0.25, 0.3) is 0 Å². The average Bonchev–Trinajstić information content (AvgIpc) is 2.68. The molecule has 0 heterocycles. The largest absolute Gasteiger partial charge is 0.392 e. The summed E-state index contributed by atoms with van der Waals surface area (Å²) in [5.41, 5.74) is 0. The molecule has 86 valence electrons. The predicted molar refractivity (Wildman–Crippen MR) is 63.5 cm³/mol. The van der Waals surface area contributed by atoms with Gasteiger partial charge in [-0.15, -0.1) is 12.3 Å². The van der Waals surface area contributed by atoms with Crippen molar-refractivity contribution < 1.29 is 5.11 Å². The Kier molecular flexibility index (Phi) is 5.75. The number of terminal acetylenes is 1. The second-order valence-electron chi connectivity index (χ2n) is 4.76. The molecular formula is C13H23NO. The van der Waals surface area contributed by atoms with Crippen LogP contribution in [0, 0.1) is 18.3 Å². The summed E-state index contributed by atoms with van der Waals surface area (Å²) < 4.78 is 0. The fourth-order valence-corrected chi connectivity index (χ4v) is 2.30. The molecule has 2 nitrogen and oxygen atoms in total. The van der Waals surface area contributed by atoms with E-state index in [0.29, 0.717) is 12.6 Å². The van der Waals surface area contributed by atoms with Crippen molar-refractivity contribution in [3.8, 4) is 12.3 Å². The molecule has 2 unspecified atom stereocenters. The Morgan fingerprint density at radius 1 is 1.47 bits per heavy atom. The minimum absolute atomic E-state index is 0.201. The molecule has 0 amide bonds. The lowest BCUT2D eigenvalue weighted by molar-refractivity contribution is 0.138. The zero-order valence-electron chi connectivity index (χ0n) is 9.71. The van der Waals surface area contributed by atoms with Crippen molar-refractivity contribution >= 4 is 0 Å². The van der Waals surface area contributed by atoms with Gasteiger partial charge in [-0.25, -0.2) is 0 Å². The van der Waals surface area contributed by atoms with Crippen molar-refractivity contribution in [1.82, 2.24) is 5.32 Å². The van der Waals surface area contributed by atoms with Crippen LogP contribution in [0.15, 0.2) is 0 Å². The number of hydrogen-bond donors (Lipinski definition) is 2. The third-order valence-corrected chi connectivity index (χ3v) is 3.21. The van der Waals surface area contributed by atoms with Gasteiger partial charge in [-0.05, 0) is 19.3 Å². The Hall–Kier alpha value is -0.520. The van der Waals surface area contributed by atoms with Gasteiger partial charge in [-0.2, -0.15) is 0 Å². The number of aliphatic hydroxyl groups is 1. The number of hydrogen-bond acceptors (Lipinski definition) is 2. The normalized spacial score (nSPS) is 21.1. The predicted octanol–water partition coefficient (Wildman–Crippen LogP) is 1.93. The lowest BCUT2D eigenvalue weighted by Crippen LogP contribution is -2.34. The molecule has 2 N–H and O–H groups in total. The molecule has 0 saturated heterocycles. The first kappa shape index (κ1) is 12.5. The fourth-order valence-electron chi connectivity index (χ4n) is 2.30. The van der Waals surface area contributed by atoms with Crippen LogP contribution in [0.4, 0.5) is 0 Å². The maximum absolute atomic E-state index is 9.81. The molecule has 2 heteroatoms. The van der Waals surface area contributed by atoms with Crippen LogP contribution in [-0.2, 0) is 0 Å². The summed E-state index contributed by atoms with van der Waals surface area (Å²) in [5.74, 6) is 3.37. The van der Waals surface area contributed by atoms with Crippen molar-refractivity contribution in [2.75, 3.05) is 6.54 Å². The molecule has 15 heavy (non-hydrogen) atoms. The van der Waals surface area contributed by atoms with Crippen LogP contribution in [0.5, 0.6) is 0 Å². The molecule has 0 aromatic carbocycles. The van der Waals surface area contributed by atoms with E-state index in [2.05, 4.69) is 18.2 Å². The molecule has 0 radical (unpaired) electrons. The lowest BCUT2D eigenvalue weighted by Gasteiger charge is -2.18. The van der Waals surface area contributed by atoms with Crippen molar-refractivity contribution in [1.29, 1.82) is 0 Å². The Balaban J connectivity index is 2.07. The maximum atomic E-state index is 9.81. The minimum Gasteiger partial charge on any atom is -0.392 e. The summed E-state index contributed by atoms with van der Waals surface area (Å²) in [5, 5.41) is 13.1. The molecule has 1 aliphatic rings. The molecule has 1 fully saturated rings. The zero-order valence-corrected chi connectivity index (χ0v) is 9.71. The summed E-state index contributed by atoms with van der Waals surface area (Å²) in [6.07, 6.45) is 12.0. The molecule has 1 saturated carbocycles. The van der Waals surface area contributed by atoms with E-state index in [1.54, 1.807) is 0 Å².